The van der Waals surface area contributed by atoms with Gasteiger partial charge in [0.2, 0.25) is 0 Å². The van der Waals surface area contributed by atoms with E-state index in [0.717, 1.165) is 0 Å². The van der Waals surface area contributed by atoms with Gasteiger partial charge in [-0.2, -0.15) is 0 Å². The second-order valence-corrected chi connectivity index (χ2v) is 4.93. The predicted molar refractivity (Wildman–Crippen MR) is 75.1 cm³/mol. The monoisotopic (exact) mass is 306 g/mol. The van der Waals surface area contributed by atoms with Crippen LogP contribution in [0.3, 0.4) is 0 Å². The van der Waals surface area contributed by atoms with Crippen LogP contribution >= 0.6 is 0 Å². The molecule has 0 atom stereocenters. The van der Waals surface area contributed by atoms with Crippen molar-refractivity contribution in [2.75, 3.05) is 0 Å². The maximum absolute atomic E-state index is 10.8. The SMILES string of the molecule is CC(C)c1nc(Cc2cc([N+](=O)[O-])ccc2OC(=O)O)co1. The number of hydrogen-bond acceptors (Lipinski definition) is 6. The van der Waals surface area contributed by atoms with Crippen LogP contribution in [0.2, 0.25) is 0 Å². The van der Waals surface area contributed by atoms with E-state index in [1.165, 1.54) is 24.5 Å². The first-order valence-electron chi connectivity index (χ1n) is 6.49. The van der Waals surface area contributed by atoms with E-state index < -0.39 is 11.1 Å². The number of nitro groups is 1. The average molecular weight is 306 g/mol. The molecule has 116 valence electrons. The molecule has 0 aliphatic carbocycles. The number of aromatic nitrogens is 1. The average Bonchev–Trinajstić information content (AvgIpc) is 2.88. The van der Waals surface area contributed by atoms with Gasteiger partial charge >= 0.3 is 6.16 Å². The normalized spacial score (nSPS) is 10.7. The molecule has 1 aromatic heterocycles. The van der Waals surface area contributed by atoms with Crippen molar-refractivity contribution in [2.45, 2.75) is 26.2 Å². The third kappa shape index (κ3) is 3.60. The number of rotatable bonds is 5. The number of nitro benzene ring substituents is 1. The molecule has 0 amide bonds. The Bertz CT molecular complexity index is 707. The van der Waals surface area contributed by atoms with Gasteiger partial charge < -0.3 is 14.3 Å². The van der Waals surface area contributed by atoms with Crippen LogP contribution in [0.25, 0.3) is 0 Å². The second-order valence-electron chi connectivity index (χ2n) is 4.93. The summed E-state index contributed by atoms with van der Waals surface area (Å²) in [5.41, 5.74) is 0.736. The van der Waals surface area contributed by atoms with Crippen molar-refractivity contribution in [3.8, 4) is 5.75 Å². The van der Waals surface area contributed by atoms with E-state index >= 15 is 0 Å². The molecule has 0 aliphatic rings. The Morgan fingerprint density at radius 1 is 1.50 bits per heavy atom. The maximum Gasteiger partial charge on any atom is 0.511 e. The van der Waals surface area contributed by atoms with Crippen molar-refractivity contribution < 1.29 is 24.0 Å². The summed E-state index contributed by atoms with van der Waals surface area (Å²) in [5.74, 6) is 0.682. The molecule has 1 aromatic carbocycles. The van der Waals surface area contributed by atoms with E-state index in [1.807, 2.05) is 13.8 Å². The highest BCUT2D eigenvalue weighted by atomic mass is 16.7. The van der Waals surface area contributed by atoms with Crippen molar-refractivity contribution >= 4 is 11.8 Å². The summed E-state index contributed by atoms with van der Waals surface area (Å²) in [7, 11) is 0. The second kappa shape index (κ2) is 6.25. The van der Waals surface area contributed by atoms with Gasteiger partial charge in [-0.3, -0.25) is 10.1 Å². The number of benzene rings is 1. The topological polar surface area (TPSA) is 116 Å². The summed E-state index contributed by atoms with van der Waals surface area (Å²) in [6.07, 6.45) is 0.122. The lowest BCUT2D eigenvalue weighted by molar-refractivity contribution is -0.384. The van der Waals surface area contributed by atoms with Crippen molar-refractivity contribution in [3.05, 3.63) is 51.7 Å². The number of ether oxygens (including phenoxy) is 1. The molecule has 2 aromatic rings. The van der Waals surface area contributed by atoms with Crippen LogP contribution < -0.4 is 4.74 Å². The smallest absolute Gasteiger partial charge is 0.449 e. The maximum atomic E-state index is 10.8. The van der Waals surface area contributed by atoms with Crippen LogP contribution in [0.4, 0.5) is 10.5 Å². The predicted octanol–water partition coefficient (Wildman–Crippen LogP) is 3.35. The molecule has 0 saturated heterocycles. The Balaban J connectivity index is 2.34. The van der Waals surface area contributed by atoms with Crippen LogP contribution in [0.5, 0.6) is 5.75 Å². The van der Waals surface area contributed by atoms with Crippen molar-refractivity contribution in [1.29, 1.82) is 0 Å². The first kappa shape index (κ1) is 15.5. The van der Waals surface area contributed by atoms with Crippen molar-refractivity contribution in [2.24, 2.45) is 0 Å². The summed E-state index contributed by atoms with van der Waals surface area (Å²) in [5, 5.41) is 19.6. The Hall–Kier alpha value is -2.90. The number of hydrogen-bond donors (Lipinski definition) is 1. The molecular formula is C14H14N2O6. The molecular weight excluding hydrogens is 292 g/mol. The van der Waals surface area contributed by atoms with Gasteiger partial charge in [-0.15, -0.1) is 0 Å². The van der Waals surface area contributed by atoms with Crippen molar-refractivity contribution in [3.63, 3.8) is 0 Å². The third-order valence-electron chi connectivity index (χ3n) is 2.89. The molecule has 0 aliphatic heterocycles. The Morgan fingerprint density at radius 3 is 2.77 bits per heavy atom. The summed E-state index contributed by atoms with van der Waals surface area (Å²) in [6.45, 7) is 3.84. The number of nitrogens with zero attached hydrogens (tertiary/aromatic N) is 2. The van der Waals surface area contributed by atoms with Gasteiger partial charge in [0.1, 0.15) is 12.0 Å². The lowest BCUT2D eigenvalue weighted by Crippen LogP contribution is -2.06. The molecule has 0 bridgehead atoms. The minimum Gasteiger partial charge on any atom is -0.449 e. The number of non-ortho nitro benzene ring substituents is 1. The van der Waals surface area contributed by atoms with E-state index in [0.29, 0.717) is 17.1 Å². The minimum absolute atomic E-state index is 0.0344. The molecule has 8 nitrogen and oxygen atoms in total. The van der Waals surface area contributed by atoms with Crippen molar-refractivity contribution in [1.82, 2.24) is 4.98 Å². The quantitative estimate of drug-likeness (QED) is 0.389. The highest BCUT2D eigenvalue weighted by molar-refractivity contribution is 5.63. The van der Waals surface area contributed by atoms with E-state index in [9.17, 15) is 14.9 Å². The van der Waals surface area contributed by atoms with E-state index in [2.05, 4.69) is 9.72 Å². The van der Waals surface area contributed by atoms with Gasteiger partial charge in [-0.1, -0.05) is 13.8 Å². The van der Waals surface area contributed by atoms with Gasteiger partial charge in [-0.25, -0.2) is 9.78 Å². The minimum atomic E-state index is -1.49. The first-order valence-corrected chi connectivity index (χ1v) is 6.49. The van der Waals surface area contributed by atoms with Gasteiger partial charge in [-0.05, 0) is 6.07 Å². The van der Waals surface area contributed by atoms with Gasteiger partial charge in [0, 0.05) is 30.0 Å². The first-order chi connectivity index (χ1) is 10.4. The summed E-state index contributed by atoms with van der Waals surface area (Å²) >= 11 is 0. The zero-order chi connectivity index (χ0) is 16.3. The Morgan fingerprint density at radius 2 is 2.23 bits per heavy atom. The molecule has 0 fully saturated rings. The molecule has 2 rings (SSSR count). The number of oxazole rings is 1. The van der Waals surface area contributed by atoms with E-state index in [4.69, 9.17) is 9.52 Å². The third-order valence-corrected chi connectivity index (χ3v) is 2.89. The standard InChI is InChI=1S/C14H14N2O6/c1-8(2)13-15-10(7-21-13)5-9-6-11(16(19)20)3-4-12(9)22-14(17)18/h3-4,6-8H,5H2,1-2H3,(H,17,18). The number of carbonyl (C=O) groups is 1. The number of carboxylic acid groups (broad SMARTS) is 1. The molecule has 22 heavy (non-hydrogen) atoms. The molecule has 0 unspecified atom stereocenters. The molecule has 0 saturated carbocycles. The fourth-order valence-electron chi connectivity index (χ4n) is 1.88. The van der Waals surface area contributed by atoms with Crippen LogP contribution in [0.1, 0.15) is 36.9 Å². The van der Waals surface area contributed by atoms with Crippen LogP contribution in [-0.4, -0.2) is 21.2 Å². The Kier molecular flexibility index (Phi) is 4.40. The molecule has 1 N–H and O–H groups in total. The van der Waals surface area contributed by atoms with Gasteiger partial charge in [0.05, 0.1) is 10.6 Å². The molecule has 0 spiro atoms. The van der Waals surface area contributed by atoms with E-state index in [-0.39, 0.29) is 23.8 Å². The van der Waals surface area contributed by atoms with Crippen LogP contribution in [0.15, 0.2) is 28.9 Å². The zero-order valence-electron chi connectivity index (χ0n) is 12.0. The van der Waals surface area contributed by atoms with Crippen LogP contribution in [0, 0.1) is 10.1 Å². The van der Waals surface area contributed by atoms with Gasteiger partial charge in [0.25, 0.3) is 5.69 Å². The highest BCUT2D eigenvalue weighted by Gasteiger charge is 2.16. The molecule has 0 radical (unpaired) electrons. The fourth-order valence-corrected chi connectivity index (χ4v) is 1.88. The lowest BCUT2D eigenvalue weighted by Gasteiger charge is -2.06. The van der Waals surface area contributed by atoms with Crippen LogP contribution in [-0.2, 0) is 6.42 Å². The zero-order valence-corrected chi connectivity index (χ0v) is 12.0. The lowest BCUT2D eigenvalue weighted by atomic mass is 10.1. The summed E-state index contributed by atoms with van der Waals surface area (Å²) in [4.78, 5) is 25.2. The fraction of sp³-hybridized carbons (Fsp3) is 0.286. The summed E-state index contributed by atoms with van der Waals surface area (Å²) in [6, 6.07) is 3.71. The van der Waals surface area contributed by atoms with E-state index in [1.54, 1.807) is 0 Å². The molecule has 8 heteroatoms. The van der Waals surface area contributed by atoms with Gasteiger partial charge in [0.15, 0.2) is 5.89 Å². The molecule has 1 heterocycles. The Labute approximate surface area is 125 Å². The largest absolute Gasteiger partial charge is 0.511 e. The summed E-state index contributed by atoms with van der Waals surface area (Å²) < 4.78 is 9.94. The highest BCUT2D eigenvalue weighted by Crippen LogP contribution is 2.27.